The molecule has 2 aromatic rings. The summed E-state index contributed by atoms with van der Waals surface area (Å²) in [7, 11) is 1.71. The van der Waals surface area contributed by atoms with Crippen molar-refractivity contribution in [1.82, 2.24) is 15.0 Å². The van der Waals surface area contributed by atoms with Crippen LogP contribution in [0.4, 0.5) is 0 Å². The van der Waals surface area contributed by atoms with E-state index in [1.165, 1.54) is 0 Å². The van der Waals surface area contributed by atoms with Gasteiger partial charge < -0.3 is 18.9 Å². The van der Waals surface area contributed by atoms with E-state index in [0.717, 1.165) is 67.4 Å². The Morgan fingerprint density at radius 3 is 2.93 bits per heavy atom. The van der Waals surface area contributed by atoms with Gasteiger partial charge in [-0.15, -0.1) is 11.3 Å². The molecule has 0 aliphatic carbocycles. The molecule has 29 heavy (non-hydrogen) atoms. The number of amides is 1. The lowest BCUT2D eigenvalue weighted by Crippen LogP contribution is -2.49. The molecule has 4 rings (SSSR count). The molecule has 2 aliphatic heterocycles. The van der Waals surface area contributed by atoms with Gasteiger partial charge in [0.2, 0.25) is 5.89 Å². The van der Waals surface area contributed by atoms with Crippen molar-refractivity contribution in [3.05, 3.63) is 33.6 Å². The van der Waals surface area contributed by atoms with Crippen molar-refractivity contribution in [2.75, 3.05) is 40.0 Å². The van der Waals surface area contributed by atoms with Crippen LogP contribution in [0.3, 0.4) is 0 Å². The largest absolute Gasteiger partial charge is 0.385 e. The maximum absolute atomic E-state index is 13.1. The van der Waals surface area contributed by atoms with Gasteiger partial charge in [0.1, 0.15) is 0 Å². The first-order chi connectivity index (χ1) is 14.1. The van der Waals surface area contributed by atoms with Crippen LogP contribution in [0, 0.1) is 6.92 Å². The maximum atomic E-state index is 13.1. The number of thiophene rings is 1. The van der Waals surface area contributed by atoms with E-state index in [9.17, 15) is 4.79 Å². The van der Waals surface area contributed by atoms with Crippen molar-refractivity contribution in [3.63, 3.8) is 0 Å². The number of hydrogen-bond donors (Lipinski definition) is 0. The van der Waals surface area contributed by atoms with Crippen LogP contribution >= 0.6 is 11.3 Å². The first-order valence-electron chi connectivity index (χ1n) is 10.4. The second-order valence-electron chi connectivity index (χ2n) is 8.11. The molecule has 1 unspecified atom stereocenters. The predicted octanol–water partition coefficient (Wildman–Crippen LogP) is 3.54. The first kappa shape index (κ1) is 20.5. The standard InChI is InChI=1S/C21H29N3O4S/c1-15-4-5-17(29-15)19(25)24-10-3-8-21(14-24,9-13-26-2)20-22-18(28-23-20)16-6-11-27-12-7-16/h4-5,16H,3,6-14H2,1-2H3. The topological polar surface area (TPSA) is 77.7 Å². The molecule has 2 saturated heterocycles. The summed E-state index contributed by atoms with van der Waals surface area (Å²) in [6.45, 7) is 5.45. The number of methoxy groups -OCH3 is 1. The summed E-state index contributed by atoms with van der Waals surface area (Å²) in [5.74, 6) is 1.78. The summed E-state index contributed by atoms with van der Waals surface area (Å²) in [5.41, 5.74) is -0.330. The SMILES string of the molecule is COCCC1(c2noc(C3CCOCC3)n2)CCCN(C(=O)c2ccc(C)s2)C1. The zero-order valence-electron chi connectivity index (χ0n) is 17.2. The number of hydrogen-bond acceptors (Lipinski definition) is 7. The fourth-order valence-corrected chi connectivity index (χ4v) is 5.20. The predicted molar refractivity (Wildman–Crippen MR) is 109 cm³/mol. The highest BCUT2D eigenvalue weighted by Gasteiger charge is 2.43. The highest BCUT2D eigenvalue weighted by molar-refractivity contribution is 7.13. The molecule has 2 aliphatic rings. The number of carbonyl (C=O) groups excluding carboxylic acids is 1. The Morgan fingerprint density at radius 2 is 2.21 bits per heavy atom. The monoisotopic (exact) mass is 419 g/mol. The van der Waals surface area contributed by atoms with Crippen molar-refractivity contribution in [1.29, 1.82) is 0 Å². The van der Waals surface area contributed by atoms with E-state index in [2.05, 4.69) is 5.16 Å². The third kappa shape index (κ3) is 4.39. The van der Waals surface area contributed by atoms with Crippen LogP contribution in [-0.2, 0) is 14.9 Å². The van der Waals surface area contributed by atoms with E-state index in [0.29, 0.717) is 19.0 Å². The highest BCUT2D eigenvalue weighted by Crippen LogP contribution is 2.38. The van der Waals surface area contributed by atoms with E-state index in [4.69, 9.17) is 19.0 Å². The van der Waals surface area contributed by atoms with Gasteiger partial charge in [-0.3, -0.25) is 4.79 Å². The normalized spacial score (nSPS) is 23.4. The zero-order valence-corrected chi connectivity index (χ0v) is 18.0. The number of nitrogens with zero attached hydrogens (tertiary/aromatic N) is 3. The Morgan fingerprint density at radius 1 is 1.38 bits per heavy atom. The molecule has 1 atom stereocenters. The van der Waals surface area contributed by atoms with Crippen molar-refractivity contribution < 1.29 is 18.8 Å². The van der Waals surface area contributed by atoms with E-state index in [-0.39, 0.29) is 17.2 Å². The molecule has 158 valence electrons. The number of carbonyl (C=O) groups is 1. The molecule has 2 aromatic heterocycles. The third-order valence-corrected chi connectivity index (χ3v) is 7.08. The van der Waals surface area contributed by atoms with Crippen molar-refractivity contribution in [3.8, 4) is 0 Å². The highest BCUT2D eigenvalue weighted by atomic mass is 32.1. The summed E-state index contributed by atoms with van der Waals surface area (Å²) >= 11 is 1.55. The second kappa shape index (κ2) is 8.93. The molecular formula is C21H29N3O4S. The third-order valence-electron chi connectivity index (χ3n) is 6.09. The molecule has 2 fully saturated rings. The Balaban J connectivity index is 1.57. The number of ether oxygens (including phenoxy) is 2. The van der Waals surface area contributed by atoms with E-state index in [1.54, 1.807) is 18.4 Å². The van der Waals surface area contributed by atoms with Crippen LogP contribution in [0.2, 0.25) is 0 Å². The minimum Gasteiger partial charge on any atom is -0.385 e. The van der Waals surface area contributed by atoms with Crippen LogP contribution in [-0.4, -0.2) is 61.0 Å². The van der Waals surface area contributed by atoms with Crippen molar-refractivity contribution >= 4 is 17.2 Å². The van der Waals surface area contributed by atoms with Crippen LogP contribution in [0.5, 0.6) is 0 Å². The molecule has 8 heteroatoms. The van der Waals surface area contributed by atoms with Gasteiger partial charge in [-0.2, -0.15) is 4.98 Å². The van der Waals surface area contributed by atoms with Gasteiger partial charge in [0, 0.05) is 50.8 Å². The lowest BCUT2D eigenvalue weighted by Gasteiger charge is -2.40. The number of likely N-dealkylation sites (tertiary alicyclic amines) is 1. The average molecular weight is 420 g/mol. The zero-order chi connectivity index (χ0) is 20.3. The summed E-state index contributed by atoms with van der Waals surface area (Å²) < 4.78 is 16.5. The Labute approximate surface area is 175 Å². The molecule has 1 amide bonds. The number of aryl methyl sites for hydroxylation is 1. The number of aromatic nitrogens is 2. The van der Waals surface area contributed by atoms with Gasteiger partial charge in [0.25, 0.3) is 5.91 Å². The van der Waals surface area contributed by atoms with Gasteiger partial charge in [-0.05, 0) is 51.2 Å². The van der Waals surface area contributed by atoms with Crippen LogP contribution < -0.4 is 0 Å². The molecule has 4 heterocycles. The fourth-order valence-electron chi connectivity index (χ4n) is 4.37. The molecule has 0 aromatic carbocycles. The fraction of sp³-hybridized carbons (Fsp3) is 0.667. The molecule has 0 saturated carbocycles. The summed E-state index contributed by atoms with van der Waals surface area (Å²) in [6.07, 6.45) is 4.44. The molecule has 0 N–H and O–H groups in total. The van der Waals surface area contributed by atoms with Crippen LogP contribution in [0.1, 0.15) is 64.3 Å². The molecular weight excluding hydrogens is 390 g/mol. The van der Waals surface area contributed by atoms with Crippen molar-refractivity contribution in [2.24, 2.45) is 0 Å². The Hall–Kier alpha value is -1.77. The van der Waals surface area contributed by atoms with Gasteiger partial charge in [0.15, 0.2) is 5.82 Å². The Bertz CT molecular complexity index is 830. The first-order valence-corrected chi connectivity index (χ1v) is 11.2. The minimum atomic E-state index is -0.330. The lowest BCUT2D eigenvalue weighted by atomic mass is 9.76. The number of rotatable bonds is 6. The summed E-state index contributed by atoms with van der Waals surface area (Å²) in [4.78, 5) is 21.8. The van der Waals surface area contributed by atoms with Gasteiger partial charge >= 0.3 is 0 Å². The van der Waals surface area contributed by atoms with E-state index < -0.39 is 0 Å². The molecule has 0 bridgehead atoms. The molecule has 0 spiro atoms. The summed E-state index contributed by atoms with van der Waals surface area (Å²) in [6, 6.07) is 3.92. The quantitative estimate of drug-likeness (QED) is 0.713. The smallest absolute Gasteiger partial charge is 0.263 e. The van der Waals surface area contributed by atoms with E-state index >= 15 is 0 Å². The molecule has 7 nitrogen and oxygen atoms in total. The second-order valence-corrected chi connectivity index (χ2v) is 9.39. The van der Waals surface area contributed by atoms with Gasteiger partial charge in [-0.1, -0.05) is 5.16 Å². The molecule has 0 radical (unpaired) electrons. The Kier molecular flexibility index (Phi) is 6.32. The summed E-state index contributed by atoms with van der Waals surface area (Å²) in [5, 5.41) is 4.39. The lowest BCUT2D eigenvalue weighted by molar-refractivity contribution is 0.0571. The van der Waals surface area contributed by atoms with Crippen LogP contribution in [0.15, 0.2) is 16.7 Å². The maximum Gasteiger partial charge on any atom is 0.263 e. The van der Waals surface area contributed by atoms with Gasteiger partial charge in [0.05, 0.1) is 10.3 Å². The van der Waals surface area contributed by atoms with Crippen LogP contribution in [0.25, 0.3) is 0 Å². The number of piperidine rings is 1. The van der Waals surface area contributed by atoms with Gasteiger partial charge in [-0.25, -0.2) is 0 Å². The van der Waals surface area contributed by atoms with E-state index in [1.807, 2.05) is 24.0 Å². The minimum absolute atomic E-state index is 0.0951. The van der Waals surface area contributed by atoms with Crippen molar-refractivity contribution in [2.45, 2.75) is 50.4 Å². The average Bonchev–Trinajstić information content (AvgIpc) is 3.42.